The molecular formula is C12H24N2O4. The van der Waals surface area contributed by atoms with Crippen molar-refractivity contribution in [2.24, 2.45) is 11.1 Å². The van der Waals surface area contributed by atoms with Crippen LogP contribution in [0.3, 0.4) is 0 Å². The maximum Gasteiger partial charge on any atom is 0.317 e. The molecule has 0 bridgehead atoms. The van der Waals surface area contributed by atoms with E-state index in [4.69, 9.17) is 15.9 Å². The lowest BCUT2D eigenvalue weighted by molar-refractivity contribution is -0.140. The second-order valence-electron chi connectivity index (χ2n) is 4.76. The van der Waals surface area contributed by atoms with Gasteiger partial charge in [-0.05, 0) is 31.8 Å². The molecule has 0 aliphatic heterocycles. The standard InChI is InChI=1S/C9H17NO2.C3H7NO2/c10-7-9(6-8(11)12)4-2-1-3-5-9;1-4-2-3(5)6/h1-7,10H2,(H,11,12);4H,2H2,1H3,(H,5,6). The Morgan fingerprint density at radius 3 is 2.00 bits per heavy atom. The van der Waals surface area contributed by atoms with Crippen LogP contribution in [0.5, 0.6) is 0 Å². The molecule has 5 N–H and O–H groups in total. The fourth-order valence-electron chi connectivity index (χ4n) is 2.23. The number of hydrogen-bond donors (Lipinski definition) is 4. The van der Waals surface area contributed by atoms with Gasteiger partial charge in [-0.15, -0.1) is 0 Å². The summed E-state index contributed by atoms with van der Waals surface area (Å²) in [6, 6.07) is 0. The second-order valence-corrected chi connectivity index (χ2v) is 4.76. The highest BCUT2D eigenvalue weighted by molar-refractivity contribution is 5.68. The Morgan fingerprint density at radius 1 is 1.17 bits per heavy atom. The van der Waals surface area contributed by atoms with Crippen molar-refractivity contribution in [2.75, 3.05) is 20.1 Å². The quantitative estimate of drug-likeness (QED) is 0.577. The van der Waals surface area contributed by atoms with E-state index in [-0.39, 0.29) is 18.4 Å². The van der Waals surface area contributed by atoms with Crippen LogP contribution in [0.1, 0.15) is 38.5 Å². The number of nitrogens with two attached hydrogens (primary N) is 1. The Balaban J connectivity index is 0.000000411. The van der Waals surface area contributed by atoms with Gasteiger partial charge < -0.3 is 21.3 Å². The molecule has 6 nitrogen and oxygen atoms in total. The first kappa shape index (κ1) is 16.9. The number of carboxylic acids is 2. The van der Waals surface area contributed by atoms with Crippen molar-refractivity contribution in [3.05, 3.63) is 0 Å². The number of likely N-dealkylation sites (N-methyl/N-ethyl adjacent to an activating group) is 1. The zero-order chi connectivity index (χ0) is 14.0. The Labute approximate surface area is 108 Å². The highest BCUT2D eigenvalue weighted by atomic mass is 16.4. The molecule has 0 saturated heterocycles. The number of carbonyl (C=O) groups is 2. The lowest BCUT2D eigenvalue weighted by atomic mass is 9.72. The summed E-state index contributed by atoms with van der Waals surface area (Å²) >= 11 is 0. The molecule has 0 aromatic rings. The average Bonchev–Trinajstić information content (AvgIpc) is 2.30. The van der Waals surface area contributed by atoms with Crippen molar-refractivity contribution in [3.8, 4) is 0 Å². The Morgan fingerprint density at radius 2 is 1.72 bits per heavy atom. The van der Waals surface area contributed by atoms with E-state index in [1.54, 1.807) is 7.05 Å². The molecule has 0 aromatic carbocycles. The van der Waals surface area contributed by atoms with Crippen LogP contribution in [0, 0.1) is 5.41 Å². The molecule has 1 saturated carbocycles. The molecule has 1 fully saturated rings. The van der Waals surface area contributed by atoms with Crippen molar-refractivity contribution < 1.29 is 19.8 Å². The van der Waals surface area contributed by atoms with E-state index in [0.29, 0.717) is 6.54 Å². The van der Waals surface area contributed by atoms with E-state index >= 15 is 0 Å². The zero-order valence-electron chi connectivity index (χ0n) is 10.9. The molecule has 1 aliphatic rings. The summed E-state index contributed by atoms with van der Waals surface area (Å²) in [6.45, 7) is 0.569. The smallest absolute Gasteiger partial charge is 0.317 e. The minimum Gasteiger partial charge on any atom is -0.481 e. The number of aliphatic carboxylic acids is 2. The van der Waals surface area contributed by atoms with Crippen LogP contribution in [0.4, 0.5) is 0 Å². The predicted molar refractivity (Wildman–Crippen MR) is 68.4 cm³/mol. The van der Waals surface area contributed by atoms with Crippen molar-refractivity contribution in [1.82, 2.24) is 5.32 Å². The fraction of sp³-hybridized carbons (Fsp3) is 0.833. The van der Waals surface area contributed by atoms with Crippen LogP contribution in [-0.4, -0.2) is 42.3 Å². The van der Waals surface area contributed by atoms with Gasteiger partial charge in [0.2, 0.25) is 0 Å². The van der Waals surface area contributed by atoms with Gasteiger partial charge in [-0.1, -0.05) is 19.3 Å². The summed E-state index contributed by atoms with van der Waals surface area (Å²) in [5.74, 6) is -1.53. The first-order valence-electron chi connectivity index (χ1n) is 6.24. The van der Waals surface area contributed by atoms with E-state index in [1.165, 1.54) is 6.42 Å². The SMILES string of the molecule is CNCC(=O)O.NCC1(CC(=O)O)CCCCC1. The molecule has 1 rings (SSSR count). The monoisotopic (exact) mass is 260 g/mol. The van der Waals surface area contributed by atoms with Gasteiger partial charge in [0.1, 0.15) is 0 Å². The predicted octanol–water partition coefficient (Wildman–Crippen LogP) is 0.661. The third kappa shape index (κ3) is 7.24. The van der Waals surface area contributed by atoms with E-state index in [1.807, 2.05) is 0 Å². The Kier molecular flexibility index (Phi) is 8.32. The van der Waals surface area contributed by atoms with Crippen LogP contribution >= 0.6 is 0 Å². The molecular weight excluding hydrogens is 236 g/mol. The van der Waals surface area contributed by atoms with E-state index < -0.39 is 11.9 Å². The third-order valence-corrected chi connectivity index (χ3v) is 3.20. The van der Waals surface area contributed by atoms with Gasteiger partial charge in [0, 0.05) is 0 Å². The number of carboxylic acid groups (broad SMARTS) is 2. The summed E-state index contributed by atoms with van der Waals surface area (Å²) in [7, 11) is 1.59. The molecule has 18 heavy (non-hydrogen) atoms. The molecule has 0 amide bonds. The Bertz CT molecular complexity index is 263. The van der Waals surface area contributed by atoms with E-state index in [0.717, 1.165) is 25.7 Å². The summed E-state index contributed by atoms with van der Waals surface area (Å²) in [5.41, 5.74) is 5.54. The van der Waals surface area contributed by atoms with Crippen LogP contribution in [0.15, 0.2) is 0 Å². The molecule has 0 heterocycles. The maximum atomic E-state index is 10.6. The number of hydrogen-bond acceptors (Lipinski definition) is 4. The summed E-state index contributed by atoms with van der Waals surface area (Å²) < 4.78 is 0. The minimum atomic E-state index is -0.822. The minimum absolute atomic E-state index is 0.0417. The van der Waals surface area contributed by atoms with Crippen LogP contribution < -0.4 is 11.1 Å². The first-order valence-corrected chi connectivity index (χ1v) is 6.24. The second kappa shape index (κ2) is 8.88. The summed E-state index contributed by atoms with van der Waals surface area (Å²) in [4.78, 5) is 20.1. The van der Waals surface area contributed by atoms with Gasteiger partial charge in [0.05, 0.1) is 13.0 Å². The maximum absolute atomic E-state index is 10.6. The largest absolute Gasteiger partial charge is 0.481 e. The van der Waals surface area contributed by atoms with Gasteiger partial charge in [0.15, 0.2) is 0 Å². The summed E-state index contributed by atoms with van der Waals surface area (Å²) in [5, 5.41) is 19.0. The highest BCUT2D eigenvalue weighted by Gasteiger charge is 2.32. The summed E-state index contributed by atoms with van der Waals surface area (Å²) in [6.07, 6.45) is 5.77. The zero-order valence-corrected chi connectivity index (χ0v) is 10.9. The van der Waals surface area contributed by atoms with Crippen LogP contribution in [-0.2, 0) is 9.59 Å². The Hall–Kier alpha value is -1.14. The lowest BCUT2D eigenvalue weighted by Crippen LogP contribution is -2.34. The molecule has 106 valence electrons. The lowest BCUT2D eigenvalue weighted by Gasteiger charge is -2.34. The average molecular weight is 260 g/mol. The normalized spacial score (nSPS) is 17.4. The molecule has 0 spiro atoms. The highest BCUT2D eigenvalue weighted by Crippen LogP contribution is 2.38. The first-order chi connectivity index (χ1) is 8.45. The molecule has 6 heteroatoms. The fourth-order valence-corrected chi connectivity index (χ4v) is 2.23. The third-order valence-electron chi connectivity index (χ3n) is 3.20. The van der Waals surface area contributed by atoms with Gasteiger partial charge in [-0.2, -0.15) is 0 Å². The van der Waals surface area contributed by atoms with Crippen LogP contribution in [0.25, 0.3) is 0 Å². The van der Waals surface area contributed by atoms with Crippen molar-refractivity contribution in [2.45, 2.75) is 38.5 Å². The molecule has 0 aromatic heterocycles. The molecule has 0 unspecified atom stereocenters. The van der Waals surface area contributed by atoms with Gasteiger partial charge in [-0.25, -0.2) is 0 Å². The van der Waals surface area contributed by atoms with Crippen molar-refractivity contribution in [3.63, 3.8) is 0 Å². The molecule has 1 aliphatic carbocycles. The number of rotatable bonds is 5. The molecule has 0 radical (unpaired) electrons. The van der Waals surface area contributed by atoms with E-state index in [2.05, 4.69) is 5.32 Å². The van der Waals surface area contributed by atoms with Gasteiger partial charge in [0.25, 0.3) is 0 Å². The van der Waals surface area contributed by atoms with Crippen LogP contribution in [0.2, 0.25) is 0 Å². The van der Waals surface area contributed by atoms with Crippen molar-refractivity contribution in [1.29, 1.82) is 0 Å². The topological polar surface area (TPSA) is 113 Å². The number of nitrogens with one attached hydrogen (secondary N) is 1. The molecule has 0 atom stereocenters. The van der Waals surface area contributed by atoms with Crippen molar-refractivity contribution >= 4 is 11.9 Å². The van der Waals surface area contributed by atoms with Gasteiger partial charge >= 0.3 is 11.9 Å². The van der Waals surface area contributed by atoms with Gasteiger partial charge in [-0.3, -0.25) is 9.59 Å². The van der Waals surface area contributed by atoms with E-state index in [9.17, 15) is 9.59 Å².